The Morgan fingerprint density at radius 3 is 2.83 bits per heavy atom. The van der Waals surface area contributed by atoms with Gasteiger partial charge in [-0.25, -0.2) is 21.9 Å². The summed E-state index contributed by atoms with van der Waals surface area (Å²) < 4.78 is 52.3. The number of pyridine rings is 1. The number of sulfone groups is 1. The molecular formula is C17H19ClF2N4O3S2. The lowest BCUT2D eigenvalue weighted by atomic mass is 10.3. The zero-order valence-corrected chi connectivity index (χ0v) is 17.9. The molecule has 2 aromatic heterocycles. The van der Waals surface area contributed by atoms with E-state index in [1.807, 2.05) is 6.92 Å². The van der Waals surface area contributed by atoms with Gasteiger partial charge in [0.25, 0.3) is 5.92 Å². The summed E-state index contributed by atoms with van der Waals surface area (Å²) in [5.74, 6) is -4.80. The van der Waals surface area contributed by atoms with Gasteiger partial charge >= 0.3 is 0 Å². The lowest BCUT2D eigenvalue weighted by molar-refractivity contribution is -0.605. The van der Waals surface area contributed by atoms with Crippen molar-refractivity contribution in [3.8, 4) is 5.69 Å². The Bertz CT molecular complexity index is 1030. The Labute approximate surface area is 177 Å². The first-order valence-corrected chi connectivity index (χ1v) is 11.5. The highest BCUT2D eigenvalue weighted by Gasteiger charge is 2.58. The third-order valence-corrected chi connectivity index (χ3v) is 7.05. The highest BCUT2D eigenvalue weighted by Crippen LogP contribution is 2.49. The van der Waals surface area contributed by atoms with Crippen molar-refractivity contribution >= 4 is 44.3 Å². The molecule has 158 valence electrons. The van der Waals surface area contributed by atoms with Crippen LogP contribution in [0.15, 0.2) is 30.7 Å². The van der Waals surface area contributed by atoms with Crippen LogP contribution < -0.4 is 9.63 Å². The van der Waals surface area contributed by atoms with Crippen molar-refractivity contribution in [1.29, 1.82) is 0 Å². The van der Waals surface area contributed by atoms with Gasteiger partial charge in [-0.15, -0.1) is 0 Å². The van der Waals surface area contributed by atoms with Crippen LogP contribution in [0.5, 0.6) is 0 Å². The number of nitrogens with zero attached hydrogens (tertiary/aromatic N) is 4. The summed E-state index contributed by atoms with van der Waals surface area (Å²) in [7, 11) is -3.65. The molecule has 0 spiro atoms. The number of anilines is 1. The van der Waals surface area contributed by atoms with E-state index < -0.39 is 27.4 Å². The standard InChI is InChI=1S/C17H19ClF2N4O3S2/c1-2-23(15(28)5-7-29(26,27)11-12-8-17(12,19)20)14-10-24(21-16(14)18)13-4-3-6-22(25)9-13/h3-4,6,9-10,12H,2,5,7-8,11H2,1H3. The van der Waals surface area contributed by atoms with E-state index in [-0.39, 0.29) is 23.7 Å². The summed E-state index contributed by atoms with van der Waals surface area (Å²) in [6, 6.07) is 3.24. The Morgan fingerprint density at radius 1 is 1.55 bits per heavy atom. The van der Waals surface area contributed by atoms with Crippen molar-refractivity contribution in [1.82, 2.24) is 9.78 Å². The van der Waals surface area contributed by atoms with Crippen molar-refractivity contribution in [2.45, 2.75) is 25.7 Å². The molecule has 1 atom stereocenters. The van der Waals surface area contributed by atoms with E-state index in [0.29, 0.717) is 27.6 Å². The molecule has 2 heterocycles. The van der Waals surface area contributed by atoms with Crippen LogP contribution in [0.4, 0.5) is 14.5 Å². The molecule has 0 amide bonds. The van der Waals surface area contributed by atoms with Crippen molar-refractivity contribution < 1.29 is 21.9 Å². The molecule has 0 bridgehead atoms. The summed E-state index contributed by atoms with van der Waals surface area (Å²) in [4.78, 5) is 1.95. The second-order valence-electron chi connectivity index (χ2n) is 6.84. The third-order valence-electron chi connectivity index (χ3n) is 4.62. The molecular weight excluding hydrogens is 446 g/mol. The van der Waals surface area contributed by atoms with Crippen LogP contribution in [-0.2, 0) is 9.84 Å². The van der Waals surface area contributed by atoms with E-state index in [1.54, 1.807) is 23.2 Å². The fourth-order valence-corrected chi connectivity index (χ4v) is 5.27. The lowest BCUT2D eigenvalue weighted by Crippen LogP contribution is -2.31. The minimum atomic E-state index is -3.65. The Hall–Kier alpha value is -1.85. The molecule has 0 aromatic carbocycles. The second-order valence-corrected chi connectivity index (χ2v) is 9.89. The minimum absolute atomic E-state index is 0.0111. The molecule has 1 fully saturated rings. The molecule has 1 unspecified atom stereocenters. The van der Waals surface area contributed by atoms with Crippen molar-refractivity contribution in [2.24, 2.45) is 5.92 Å². The minimum Gasteiger partial charge on any atom is -0.619 e. The molecule has 1 aliphatic carbocycles. The van der Waals surface area contributed by atoms with E-state index in [4.69, 9.17) is 23.8 Å². The highest BCUT2D eigenvalue weighted by atomic mass is 35.5. The maximum atomic E-state index is 13.0. The van der Waals surface area contributed by atoms with Crippen molar-refractivity contribution in [3.63, 3.8) is 0 Å². The molecule has 29 heavy (non-hydrogen) atoms. The SMILES string of the molecule is CCN(C(=S)CCS(=O)(=O)CC1CC1(F)F)c1cn(-c2ccc[n+]([O-])c2)nc1Cl. The van der Waals surface area contributed by atoms with Gasteiger partial charge in [-0.2, -0.15) is 9.83 Å². The number of aromatic nitrogens is 3. The molecule has 12 heteroatoms. The van der Waals surface area contributed by atoms with Crippen LogP contribution in [0.2, 0.25) is 5.15 Å². The van der Waals surface area contributed by atoms with E-state index in [1.165, 1.54) is 17.1 Å². The summed E-state index contributed by atoms with van der Waals surface area (Å²) in [5.41, 5.74) is 0.956. The van der Waals surface area contributed by atoms with E-state index in [9.17, 15) is 22.4 Å². The first-order valence-electron chi connectivity index (χ1n) is 8.85. The second kappa shape index (κ2) is 8.11. The maximum absolute atomic E-state index is 13.0. The monoisotopic (exact) mass is 464 g/mol. The van der Waals surface area contributed by atoms with Crippen LogP contribution in [0.1, 0.15) is 19.8 Å². The van der Waals surface area contributed by atoms with Crippen molar-refractivity contribution in [2.75, 3.05) is 23.0 Å². The molecule has 0 aliphatic heterocycles. The number of halogens is 3. The maximum Gasteiger partial charge on any atom is 0.252 e. The third kappa shape index (κ3) is 5.20. The van der Waals surface area contributed by atoms with Gasteiger partial charge in [0.1, 0.15) is 5.69 Å². The highest BCUT2D eigenvalue weighted by molar-refractivity contribution is 7.91. The Morgan fingerprint density at radius 2 is 2.24 bits per heavy atom. The number of thiocarbonyl (C=S) groups is 1. The Balaban J connectivity index is 1.70. The van der Waals surface area contributed by atoms with Gasteiger partial charge < -0.3 is 10.1 Å². The average molecular weight is 465 g/mol. The number of hydrogen-bond donors (Lipinski definition) is 0. The number of hydrogen-bond acceptors (Lipinski definition) is 5. The topological polar surface area (TPSA) is 82.1 Å². The van der Waals surface area contributed by atoms with Crippen LogP contribution in [0.3, 0.4) is 0 Å². The molecule has 1 saturated carbocycles. The van der Waals surface area contributed by atoms with Gasteiger partial charge in [0.2, 0.25) is 6.20 Å². The molecule has 7 nitrogen and oxygen atoms in total. The predicted molar refractivity (Wildman–Crippen MR) is 109 cm³/mol. The van der Waals surface area contributed by atoms with Gasteiger partial charge in [-0.05, 0) is 13.0 Å². The van der Waals surface area contributed by atoms with Crippen LogP contribution >= 0.6 is 23.8 Å². The van der Waals surface area contributed by atoms with Gasteiger partial charge in [-0.1, -0.05) is 23.8 Å². The Kier molecular flexibility index (Phi) is 6.11. The summed E-state index contributed by atoms with van der Waals surface area (Å²) >= 11 is 11.6. The summed E-state index contributed by atoms with van der Waals surface area (Å²) in [6.45, 7) is 2.22. The molecule has 0 radical (unpaired) electrons. The van der Waals surface area contributed by atoms with Gasteiger partial charge in [-0.3, -0.25) is 0 Å². The normalized spacial score (nSPS) is 17.9. The molecule has 0 N–H and O–H groups in total. The van der Waals surface area contributed by atoms with Gasteiger partial charge in [0, 0.05) is 31.4 Å². The van der Waals surface area contributed by atoms with Gasteiger partial charge in [0.15, 0.2) is 21.2 Å². The van der Waals surface area contributed by atoms with Crippen molar-refractivity contribution in [3.05, 3.63) is 41.1 Å². The van der Waals surface area contributed by atoms with Crippen LogP contribution in [-0.4, -0.2) is 47.2 Å². The molecule has 2 aromatic rings. The molecule has 0 saturated heterocycles. The zero-order valence-electron chi connectivity index (χ0n) is 15.5. The van der Waals surface area contributed by atoms with Crippen LogP contribution in [0, 0.1) is 11.1 Å². The first kappa shape index (κ1) is 21.8. The largest absolute Gasteiger partial charge is 0.619 e. The predicted octanol–water partition coefficient (Wildman–Crippen LogP) is 2.77. The van der Waals surface area contributed by atoms with E-state index in [2.05, 4.69) is 5.10 Å². The van der Waals surface area contributed by atoms with Gasteiger partial charge in [0.05, 0.1) is 28.4 Å². The zero-order chi connectivity index (χ0) is 21.4. The smallest absolute Gasteiger partial charge is 0.252 e. The number of alkyl halides is 2. The molecule has 3 rings (SSSR count). The molecule has 1 aliphatic rings. The van der Waals surface area contributed by atoms with E-state index in [0.717, 1.165) is 0 Å². The number of rotatable bonds is 8. The average Bonchev–Trinajstić information content (AvgIpc) is 3.04. The van der Waals surface area contributed by atoms with E-state index >= 15 is 0 Å². The summed E-state index contributed by atoms with van der Waals surface area (Å²) in [5, 5.41) is 15.8. The fraction of sp³-hybridized carbons (Fsp3) is 0.471. The fourth-order valence-electron chi connectivity index (χ4n) is 2.93. The quantitative estimate of drug-likeness (QED) is 0.339. The summed E-state index contributed by atoms with van der Waals surface area (Å²) in [6.07, 6.45) is 3.88. The van der Waals surface area contributed by atoms with Crippen LogP contribution in [0.25, 0.3) is 5.69 Å². The lowest BCUT2D eigenvalue weighted by Gasteiger charge is -2.22. The first-order chi connectivity index (χ1) is 13.5.